The summed E-state index contributed by atoms with van der Waals surface area (Å²) in [6.45, 7) is 3.59. The zero-order chi connectivity index (χ0) is 10.8. The topological polar surface area (TPSA) is 66.6 Å². The lowest BCUT2D eigenvalue weighted by atomic mass is 9.88. The Hall–Kier alpha value is -1.20. The highest BCUT2D eigenvalue weighted by molar-refractivity contribution is 5.23. The monoisotopic (exact) mass is 198 g/mol. The molecule has 0 saturated carbocycles. The lowest BCUT2D eigenvalue weighted by Crippen LogP contribution is -2.53. The summed E-state index contributed by atoms with van der Waals surface area (Å²) in [5.74, 6) is 0. The Morgan fingerprint density at radius 2 is 2.29 bits per heavy atom. The minimum atomic E-state index is -1.25. The van der Waals surface area contributed by atoms with Crippen LogP contribution in [-0.4, -0.2) is 33.3 Å². The van der Waals surface area contributed by atoms with Gasteiger partial charge in [0.15, 0.2) is 0 Å². The van der Waals surface area contributed by atoms with E-state index in [1.807, 2.05) is 0 Å². The van der Waals surface area contributed by atoms with Crippen LogP contribution in [0.2, 0.25) is 0 Å². The fraction of sp³-hybridized carbons (Fsp3) is 0.556. The molecule has 0 saturated heterocycles. The summed E-state index contributed by atoms with van der Waals surface area (Å²) in [6.07, 6.45) is 6.46. The van der Waals surface area contributed by atoms with Crippen LogP contribution in [0.4, 0.5) is 0 Å². The molecule has 0 aromatic heterocycles. The molecular formula is C9H14N2O3. The van der Waals surface area contributed by atoms with Crippen molar-refractivity contribution < 1.29 is 10.1 Å². The fourth-order valence-corrected chi connectivity index (χ4v) is 1.48. The Bertz CT molecular complexity index is 288. The van der Waals surface area contributed by atoms with Crippen LogP contribution in [0.15, 0.2) is 24.3 Å². The summed E-state index contributed by atoms with van der Waals surface area (Å²) in [6, 6.07) is -0.604. The van der Waals surface area contributed by atoms with Gasteiger partial charge in [-0.05, 0) is 6.08 Å². The molecule has 0 fully saturated rings. The molecule has 1 aliphatic carbocycles. The molecular weight excluding hydrogens is 184 g/mol. The molecule has 5 heteroatoms. The summed E-state index contributed by atoms with van der Waals surface area (Å²) in [5, 5.41) is 21.4. The van der Waals surface area contributed by atoms with E-state index >= 15 is 0 Å². The average molecular weight is 198 g/mol. The van der Waals surface area contributed by atoms with Crippen LogP contribution in [0.1, 0.15) is 13.8 Å². The van der Waals surface area contributed by atoms with Crippen molar-refractivity contribution in [2.75, 3.05) is 6.54 Å². The summed E-state index contributed by atoms with van der Waals surface area (Å²) in [4.78, 5) is 10.5. The number of nitro groups is 1. The van der Waals surface area contributed by atoms with Gasteiger partial charge in [0.25, 0.3) is 5.54 Å². The van der Waals surface area contributed by atoms with Crippen molar-refractivity contribution in [2.45, 2.75) is 25.4 Å². The first-order valence-corrected chi connectivity index (χ1v) is 4.48. The van der Waals surface area contributed by atoms with Crippen LogP contribution in [0.25, 0.3) is 0 Å². The highest BCUT2D eigenvalue weighted by Crippen LogP contribution is 2.24. The third-order valence-corrected chi connectivity index (χ3v) is 2.48. The molecule has 1 rings (SSSR count). The molecule has 0 amide bonds. The number of hydroxylamine groups is 2. The second-order valence-electron chi connectivity index (χ2n) is 3.43. The van der Waals surface area contributed by atoms with Crippen molar-refractivity contribution in [1.82, 2.24) is 5.06 Å². The molecule has 1 N–H and O–H groups in total. The van der Waals surface area contributed by atoms with Gasteiger partial charge in [-0.15, -0.1) is 0 Å². The third kappa shape index (κ3) is 1.69. The van der Waals surface area contributed by atoms with Crippen molar-refractivity contribution >= 4 is 0 Å². The maximum Gasteiger partial charge on any atom is 0.258 e. The van der Waals surface area contributed by atoms with E-state index in [-0.39, 0.29) is 4.92 Å². The molecule has 0 aromatic carbocycles. The Morgan fingerprint density at radius 1 is 1.64 bits per heavy atom. The second kappa shape index (κ2) is 3.89. The molecule has 5 nitrogen and oxygen atoms in total. The van der Waals surface area contributed by atoms with Crippen LogP contribution in [-0.2, 0) is 0 Å². The summed E-state index contributed by atoms with van der Waals surface area (Å²) >= 11 is 0. The Labute approximate surface area is 82.4 Å². The normalized spacial score (nSPS) is 31.0. The zero-order valence-electron chi connectivity index (χ0n) is 8.25. The van der Waals surface area contributed by atoms with Crippen molar-refractivity contribution in [2.24, 2.45) is 0 Å². The molecule has 0 aromatic rings. The van der Waals surface area contributed by atoms with Crippen molar-refractivity contribution in [3.63, 3.8) is 0 Å². The molecule has 1 aliphatic rings. The van der Waals surface area contributed by atoms with Gasteiger partial charge >= 0.3 is 0 Å². The van der Waals surface area contributed by atoms with Gasteiger partial charge in [0.05, 0.1) is 0 Å². The predicted molar refractivity (Wildman–Crippen MR) is 51.6 cm³/mol. The minimum Gasteiger partial charge on any atom is -0.313 e. The van der Waals surface area contributed by atoms with E-state index < -0.39 is 11.6 Å². The van der Waals surface area contributed by atoms with Crippen molar-refractivity contribution in [3.05, 3.63) is 34.4 Å². The summed E-state index contributed by atoms with van der Waals surface area (Å²) < 4.78 is 0. The maximum atomic E-state index is 10.9. The SMILES string of the molecule is CCN(O)C1C=CC=CC1(C)[N+](=O)[O-]. The van der Waals surface area contributed by atoms with E-state index in [4.69, 9.17) is 0 Å². The zero-order valence-corrected chi connectivity index (χ0v) is 8.25. The Morgan fingerprint density at radius 3 is 2.79 bits per heavy atom. The van der Waals surface area contributed by atoms with Crippen molar-refractivity contribution in [3.8, 4) is 0 Å². The summed E-state index contributed by atoms with van der Waals surface area (Å²) in [5.41, 5.74) is -1.25. The van der Waals surface area contributed by atoms with Gasteiger partial charge in [0.2, 0.25) is 0 Å². The van der Waals surface area contributed by atoms with E-state index in [9.17, 15) is 15.3 Å². The highest BCUT2D eigenvalue weighted by atomic mass is 16.6. The van der Waals surface area contributed by atoms with Gasteiger partial charge in [-0.3, -0.25) is 10.1 Å². The first-order chi connectivity index (χ1) is 6.52. The van der Waals surface area contributed by atoms with Crippen LogP contribution in [0.5, 0.6) is 0 Å². The molecule has 0 bridgehead atoms. The molecule has 2 atom stereocenters. The predicted octanol–water partition coefficient (Wildman–Crippen LogP) is 1.23. The van der Waals surface area contributed by atoms with E-state index in [2.05, 4.69) is 0 Å². The van der Waals surface area contributed by atoms with Crippen LogP contribution < -0.4 is 0 Å². The van der Waals surface area contributed by atoms with Gasteiger partial charge in [-0.1, -0.05) is 25.2 Å². The lowest BCUT2D eigenvalue weighted by Gasteiger charge is -2.31. The van der Waals surface area contributed by atoms with Crippen molar-refractivity contribution in [1.29, 1.82) is 0 Å². The minimum absolute atomic E-state index is 0.353. The van der Waals surface area contributed by atoms with Gasteiger partial charge in [-0.2, -0.15) is 5.06 Å². The summed E-state index contributed by atoms with van der Waals surface area (Å²) in [7, 11) is 0. The highest BCUT2D eigenvalue weighted by Gasteiger charge is 2.45. The largest absolute Gasteiger partial charge is 0.313 e. The number of allylic oxidation sites excluding steroid dienone is 2. The first-order valence-electron chi connectivity index (χ1n) is 4.48. The smallest absolute Gasteiger partial charge is 0.258 e. The van der Waals surface area contributed by atoms with E-state index in [0.717, 1.165) is 5.06 Å². The average Bonchev–Trinajstić information content (AvgIpc) is 2.17. The van der Waals surface area contributed by atoms with Crippen LogP contribution in [0, 0.1) is 10.1 Å². The fourth-order valence-electron chi connectivity index (χ4n) is 1.48. The third-order valence-electron chi connectivity index (χ3n) is 2.48. The lowest BCUT2D eigenvalue weighted by molar-refractivity contribution is -0.560. The first kappa shape index (κ1) is 10.9. The van der Waals surface area contributed by atoms with Crippen LogP contribution in [0.3, 0.4) is 0 Å². The van der Waals surface area contributed by atoms with Gasteiger partial charge in [0, 0.05) is 18.4 Å². The van der Waals surface area contributed by atoms with E-state index in [1.165, 1.54) is 13.0 Å². The van der Waals surface area contributed by atoms with Gasteiger partial charge < -0.3 is 5.21 Å². The number of nitrogens with zero attached hydrogens (tertiary/aromatic N) is 2. The molecule has 78 valence electrons. The second-order valence-corrected chi connectivity index (χ2v) is 3.43. The number of likely N-dealkylation sites (N-methyl/N-ethyl adjacent to an activating group) is 1. The van der Waals surface area contributed by atoms with Gasteiger partial charge in [-0.25, -0.2) is 0 Å². The van der Waals surface area contributed by atoms with E-state index in [1.54, 1.807) is 25.2 Å². The molecule has 0 spiro atoms. The quantitative estimate of drug-likeness (QED) is 0.547. The standard InChI is InChI=1S/C9H14N2O3/c1-3-10(12)8-6-4-5-7-9(8,2)11(13)14/h4-8,12H,3H2,1-2H3. The number of hydrogen-bond acceptors (Lipinski definition) is 4. The maximum absolute atomic E-state index is 10.9. The van der Waals surface area contributed by atoms with E-state index in [0.29, 0.717) is 6.54 Å². The Balaban J connectivity index is 2.97. The Kier molecular flexibility index (Phi) is 3.03. The molecule has 0 radical (unpaired) electrons. The van der Waals surface area contributed by atoms with Crippen LogP contribution >= 0.6 is 0 Å². The number of rotatable bonds is 3. The molecule has 2 unspecified atom stereocenters. The molecule has 14 heavy (non-hydrogen) atoms. The van der Waals surface area contributed by atoms with Gasteiger partial charge in [0.1, 0.15) is 6.04 Å². The molecule has 0 heterocycles. The number of hydrogen-bond donors (Lipinski definition) is 1. The molecule has 0 aliphatic heterocycles.